The summed E-state index contributed by atoms with van der Waals surface area (Å²) in [5, 5.41) is 27.5. The summed E-state index contributed by atoms with van der Waals surface area (Å²) in [6.45, 7) is 4.18. The minimum atomic E-state index is -1.42. The predicted octanol–water partition coefficient (Wildman–Crippen LogP) is 3.79. The number of fused-ring (bicyclic) bond motifs is 1. The molecule has 0 unspecified atom stereocenters. The van der Waals surface area contributed by atoms with Gasteiger partial charge in [0, 0.05) is 49.5 Å². The molecule has 2 atom stereocenters. The van der Waals surface area contributed by atoms with E-state index in [2.05, 4.69) is 69.9 Å². The van der Waals surface area contributed by atoms with Gasteiger partial charge in [-0.05, 0) is 53.9 Å². The molecule has 1 aliphatic heterocycles. The van der Waals surface area contributed by atoms with Crippen molar-refractivity contribution in [1.82, 2.24) is 20.2 Å². The second-order valence-corrected chi connectivity index (χ2v) is 9.94. The van der Waals surface area contributed by atoms with Gasteiger partial charge in [0.15, 0.2) is 11.4 Å². The average molecular weight is 542 g/mol. The van der Waals surface area contributed by atoms with Crippen LogP contribution in [-0.2, 0) is 6.54 Å². The third-order valence-electron chi connectivity index (χ3n) is 7.34. The SMILES string of the molecule is C[C@@H](N[C@H]1CCN(c2ccc(C(=O)NCCn3cnc(C(=O)O)c3C(=O)O)cc2)C1)c1cccc2ccccc12. The first-order valence-electron chi connectivity index (χ1n) is 13.2. The number of anilines is 1. The third-order valence-corrected chi connectivity index (χ3v) is 7.34. The Hall–Kier alpha value is -4.70. The predicted molar refractivity (Wildman–Crippen MR) is 151 cm³/mol. The number of imidazole rings is 1. The molecule has 1 amide bonds. The maximum absolute atomic E-state index is 12.6. The van der Waals surface area contributed by atoms with Gasteiger partial charge in [-0.3, -0.25) is 4.79 Å². The van der Waals surface area contributed by atoms with Gasteiger partial charge in [0.05, 0.1) is 6.33 Å². The number of carboxylic acids is 2. The van der Waals surface area contributed by atoms with Crippen molar-refractivity contribution in [3.63, 3.8) is 0 Å². The fraction of sp³-hybridized carbons (Fsp3) is 0.267. The highest BCUT2D eigenvalue weighted by atomic mass is 16.4. The van der Waals surface area contributed by atoms with Gasteiger partial charge in [-0.1, -0.05) is 42.5 Å². The lowest BCUT2D eigenvalue weighted by Crippen LogP contribution is -2.34. The summed E-state index contributed by atoms with van der Waals surface area (Å²) in [6, 6.07) is 22.8. The van der Waals surface area contributed by atoms with Crippen LogP contribution in [0.5, 0.6) is 0 Å². The molecule has 4 N–H and O–H groups in total. The van der Waals surface area contributed by atoms with Crippen LogP contribution in [0.15, 0.2) is 73.1 Å². The van der Waals surface area contributed by atoms with E-state index >= 15 is 0 Å². The molecule has 1 aromatic heterocycles. The Morgan fingerprint density at radius 1 is 1.00 bits per heavy atom. The molecule has 206 valence electrons. The van der Waals surface area contributed by atoms with Gasteiger partial charge < -0.3 is 30.3 Å². The first kappa shape index (κ1) is 26.9. The monoisotopic (exact) mass is 541 g/mol. The number of benzene rings is 3. The Balaban J connectivity index is 1.14. The van der Waals surface area contributed by atoms with Gasteiger partial charge in [-0.15, -0.1) is 0 Å². The van der Waals surface area contributed by atoms with Crippen molar-refractivity contribution in [3.05, 3.63) is 95.6 Å². The quantitative estimate of drug-likeness (QED) is 0.238. The van der Waals surface area contributed by atoms with Crippen molar-refractivity contribution in [3.8, 4) is 0 Å². The number of carbonyl (C=O) groups is 3. The zero-order valence-corrected chi connectivity index (χ0v) is 22.1. The average Bonchev–Trinajstić information content (AvgIpc) is 3.60. The molecule has 5 rings (SSSR count). The molecule has 0 aliphatic carbocycles. The number of amides is 1. The lowest BCUT2D eigenvalue weighted by atomic mass is 9.99. The van der Waals surface area contributed by atoms with Crippen LogP contribution in [0.1, 0.15) is 56.3 Å². The number of hydrogen-bond acceptors (Lipinski definition) is 6. The summed E-state index contributed by atoms with van der Waals surface area (Å²) in [5.41, 5.74) is 1.87. The summed E-state index contributed by atoms with van der Waals surface area (Å²) in [6.07, 6.45) is 2.17. The number of hydrogen-bond donors (Lipinski definition) is 4. The van der Waals surface area contributed by atoms with E-state index in [-0.39, 0.29) is 25.0 Å². The molecule has 1 aliphatic rings. The smallest absolute Gasteiger partial charge is 0.357 e. The lowest BCUT2D eigenvalue weighted by Gasteiger charge is -2.23. The fourth-order valence-corrected chi connectivity index (χ4v) is 5.35. The maximum atomic E-state index is 12.6. The van der Waals surface area contributed by atoms with Gasteiger partial charge in [0.25, 0.3) is 5.91 Å². The molecule has 0 spiro atoms. The minimum absolute atomic E-state index is 0.0745. The molecular weight excluding hydrogens is 510 g/mol. The standard InChI is InChI=1S/C30H31N5O5/c1-19(24-8-4-6-20-5-2-3-7-25(20)24)33-22-13-15-34(17-22)23-11-9-21(10-12-23)28(36)31-14-16-35-18-32-26(29(37)38)27(35)30(39)40/h2-12,18-19,22,33H,13-17H2,1H3,(H,31,36)(H,37,38)(H,39,40)/t19-,22+/m1/s1. The number of rotatable bonds is 10. The van der Waals surface area contributed by atoms with E-state index in [4.69, 9.17) is 5.11 Å². The molecule has 4 aromatic rings. The van der Waals surface area contributed by atoms with Gasteiger partial charge >= 0.3 is 11.9 Å². The fourth-order valence-electron chi connectivity index (χ4n) is 5.35. The van der Waals surface area contributed by atoms with Gasteiger partial charge in [-0.2, -0.15) is 0 Å². The van der Waals surface area contributed by atoms with E-state index < -0.39 is 23.3 Å². The molecule has 1 saturated heterocycles. The van der Waals surface area contributed by atoms with Crippen molar-refractivity contribution in [1.29, 1.82) is 0 Å². The zero-order valence-electron chi connectivity index (χ0n) is 22.1. The van der Waals surface area contributed by atoms with Crippen LogP contribution in [0.2, 0.25) is 0 Å². The van der Waals surface area contributed by atoms with Crippen LogP contribution in [0.3, 0.4) is 0 Å². The van der Waals surface area contributed by atoms with E-state index in [0.29, 0.717) is 11.6 Å². The Morgan fingerprint density at radius 3 is 2.50 bits per heavy atom. The van der Waals surface area contributed by atoms with Crippen molar-refractivity contribution >= 4 is 34.3 Å². The Morgan fingerprint density at radius 2 is 1.75 bits per heavy atom. The highest BCUT2D eigenvalue weighted by Gasteiger charge is 2.25. The van der Waals surface area contributed by atoms with Gasteiger partial charge in [0.1, 0.15) is 0 Å². The van der Waals surface area contributed by atoms with Crippen molar-refractivity contribution < 1.29 is 24.6 Å². The van der Waals surface area contributed by atoms with E-state index in [1.807, 2.05) is 12.1 Å². The number of nitrogens with one attached hydrogen (secondary N) is 2. The summed E-state index contributed by atoms with van der Waals surface area (Å²) in [5.74, 6) is -3.11. The Bertz CT molecular complexity index is 1540. The van der Waals surface area contributed by atoms with E-state index in [0.717, 1.165) is 31.5 Å². The largest absolute Gasteiger partial charge is 0.476 e. The molecule has 1 fully saturated rings. The normalized spacial score (nSPS) is 15.7. The minimum Gasteiger partial charge on any atom is -0.476 e. The first-order valence-corrected chi connectivity index (χ1v) is 13.2. The molecule has 3 aromatic carbocycles. The molecule has 0 radical (unpaired) electrons. The van der Waals surface area contributed by atoms with Crippen LogP contribution in [0.25, 0.3) is 10.8 Å². The summed E-state index contributed by atoms with van der Waals surface area (Å²) in [7, 11) is 0. The van der Waals surface area contributed by atoms with Crippen molar-refractivity contribution in [2.45, 2.75) is 32.0 Å². The molecular formula is C30H31N5O5. The van der Waals surface area contributed by atoms with Crippen LogP contribution < -0.4 is 15.5 Å². The molecule has 10 nitrogen and oxygen atoms in total. The van der Waals surface area contributed by atoms with Crippen LogP contribution in [-0.4, -0.2) is 63.3 Å². The van der Waals surface area contributed by atoms with E-state index in [1.54, 1.807) is 12.1 Å². The first-order chi connectivity index (χ1) is 19.3. The van der Waals surface area contributed by atoms with Crippen molar-refractivity contribution in [2.24, 2.45) is 0 Å². The zero-order chi connectivity index (χ0) is 28.2. The Labute approximate surface area is 231 Å². The second-order valence-electron chi connectivity index (χ2n) is 9.94. The van der Waals surface area contributed by atoms with Crippen LogP contribution in [0.4, 0.5) is 5.69 Å². The van der Waals surface area contributed by atoms with E-state index in [1.165, 1.54) is 20.9 Å². The number of nitrogens with zero attached hydrogens (tertiary/aromatic N) is 3. The van der Waals surface area contributed by atoms with E-state index in [9.17, 15) is 19.5 Å². The van der Waals surface area contributed by atoms with Gasteiger partial charge in [0.2, 0.25) is 0 Å². The van der Waals surface area contributed by atoms with Crippen LogP contribution >= 0.6 is 0 Å². The number of carbonyl (C=O) groups excluding carboxylic acids is 1. The van der Waals surface area contributed by atoms with Crippen molar-refractivity contribution in [2.75, 3.05) is 24.5 Å². The van der Waals surface area contributed by atoms with Crippen LogP contribution in [0, 0.1) is 0 Å². The highest BCUT2D eigenvalue weighted by molar-refractivity contribution is 5.99. The van der Waals surface area contributed by atoms with Gasteiger partial charge in [-0.25, -0.2) is 14.6 Å². The molecule has 10 heteroatoms. The third kappa shape index (κ3) is 5.67. The number of carboxylic acid groups (broad SMARTS) is 2. The summed E-state index contributed by atoms with van der Waals surface area (Å²) >= 11 is 0. The molecule has 2 heterocycles. The highest BCUT2D eigenvalue weighted by Crippen LogP contribution is 2.27. The topological polar surface area (TPSA) is 137 Å². The number of aromatic nitrogens is 2. The maximum Gasteiger partial charge on any atom is 0.357 e. The molecule has 0 saturated carbocycles. The molecule has 40 heavy (non-hydrogen) atoms. The summed E-state index contributed by atoms with van der Waals surface area (Å²) < 4.78 is 1.20. The molecule has 0 bridgehead atoms. The summed E-state index contributed by atoms with van der Waals surface area (Å²) in [4.78, 5) is 41.2. The number of aromatic carboxylic acids is 2. The second kappa shape index (κ2) is 11.6. The lowest BCUT2D eigenvalue weighted by molar-refractivity contribution is 0.0640. The Kier molecular flexibility index (Phi) is 7.79.